The van der Waals surface area contributed by atoms with E-state index < -0.39 is 0 Å². The first kappa shape index (κ1) is 7.00. The fourth-order valence-corrected chi connectivity index (χ4v) is 0.508. The van der Waals surface area contributed by atoms with Crippen molar-refractivity contribution < 1.29 is 0 Å². The Morgan fingerprint density at radius 3 is 2.14 bits per heavy atom. The zero-order chi connectivity index (χ0) is 5.70. The Bertz CT molecular complexity index is 31.0. The van der Waals surface area contributed by atoms with E-state index in [9.17, 15) is 0 Å². The minimum atomic E-state index is 0.769. The van der Waals surface area contributed by atoms with Gasteiger partial charge in [0.1, 0.15) is 0 Å². The molecule has 0 rings (SSSR count). The van der Waals surface area contributed by atoms with Crippen LogP contribution in [-0.4, -0.2) is 0 Å². The summed E-state index contributed by atoms with van der Waals surface area (Å²) in [6, 6.07) is 0. The maximum absolute atomic E-state index is 2.22. The molecule has 0 saturated heterocycles. The molecule has 0 aromatic rings. The fraction of sp³-hybridized carbons (Fsp3) is 0.714. The van der Waals surface area contributed by atoms with E-state index in [0.29, 0.717) is 0 Å². The van der Waals surface area contributed by atoms with Crippen molar-refractivity contribution >= 4 is 0 Å². The van der Waals surface area contributed by atoms with Gasteiger partial charge in [0.15, 0.2) is 0 Å². The van der Waals surface area contributed by atoms with E-state index in [1.54, 1.807) is 0 Å². The summed E-state index contributed by atoms with van der Waals surface area (Å²) in [7, 11) is 0. The Morgan fingerprint density at radius 2 is 2.00 bits per heavy atom. The number of hydrogen-bond donors (Lipinski definition) is 0. The molecule has 0 aliphatic carbocycles. The molecular weight excluding hydrogens is 84.1 g/mol. The molecule has 0 nitrogen and oxygen atoms in total. The SMILES string of the molecule is C[CH-]CC(C)[CH-]C. The largest absolute Gasteiger partial charge is 0.334 e. The van der Waals surface area contributed by atoms with E-state index in [1.165, 1.54) is 6.42 Å². The van der Waals surface area contributed by atoms with Crippen LogP contribution < -0.4 is 0 Å². The third kappa shape index (κ3) is 3.84. The summed E-state index contributed by atoms with van der Waals surface area (Å²) >= 11 is 0. The van der Waals surface area contributed by atoms with E-state index in [4.69, 9.17) is 0 Å². The lowest BCUT2D eigenvalue weighted by molar-refractivity contribution is 0.661. The summed E-state index contributed by atoms with van der Waals surface area (Å²) in [4.78, 5) is 0. The van der Waals surface area contributed by atoms with Crippen LogP contribution in [0.4, 0.5) is 0 Å². The molecule has 0 aromatic heterocycles. The van der Waals surface area contributed by atoms with E-state index in [0.717, 1.165) is 5.92 Å². The lowest BCUT2D eigenvalue weighted by atomic mass is 10.0. The Kier molecular flexibility index (Phi) is 4.17. The van der Waals surface area contributed by atoms with Gasteiger partial charge in [-0.3, -0.25) is 0 Å². The molecule has 0 aromatic carbocycles. The molecule has 0 radical (unpaired) electrons. The lowest BCUT2D eigenvalue weighted by Gasteiger charge is -2.20. The molecule has 0 spiro atoms. The average molecular weight is 98.2 g/mol. The molecular formula is C7H14-2. The minimum absolute atomic E-state index is 0.769. The topological polar surface area (TPSA) is 0 Å². The van der Waals surface area contributed by atoms with Crippen LogP contribution in [-0.2, 0) is 0 Å². The zero-order valence-electron chi connectivity index (χ0n) is 5.44. The quantitative estimate of drug-likeness (QED) is 0.476. The normalized spacial score (nSPS) is 14.1. The standard InChI is InChI=1S/C7H14/c1-4-6-7(3)5-2/h4-5,7H,6H2,1-3H3/q-2. The van der Waals surface area contributed by atoms with Gasteiger partial charge >= 0.3 is 0 Å². The highest BCUT2D eigenvalue weighted by Crippen LogP contribution is 2.05. The van der Waals surface area contributed by atoms with Crippen LogP contribution in [0.2, 0.25) is 0 Å². The lowest BCUT2D eigenvalue weighted by Crippen LogP contribution is -1.89. The molecule has 0 aliphatic rings. The average Bonchev–Trinajstić information content (AvgIpc) is 1.68. The van der Waals surface area contributed by atoms with Gasteiger partial charge in [0.2, 0.25) is 0 Å². The zero-order valence-corrected chi connectivity index (χ0v) is 5.44. The molecule has 1 unspecified atom stereocenters. The van der Waals surface area contributed by atoms with Crippen LogP contribution in [0.3, 0.4) is 0 Å². The van der Waals surface area contributed by atoms with Crippen LogP contribution in [0.5, 0.6) is 0 Å². The van der Waals surface area contributed by atoms with Gasteiger partial charge in [0.25, 0.3) is 0 Å². The van der Waals surface area contributed by atoms with Gasteiger partial charge in [-0.05, 0) is 0 Å². The Labute approximate surface area is 46.9 Å². The fourth-order valence-electron chi connectivity index (χ4n) is 0.508. The summed E-state index contributed by atoms with van der Waals surface area (Å²) in [5, 5.41) is 0. The second-order valence-corrected chi connectivity index (χ2v) is 1.95. The van der Waals surface area contributed by atoms with Crippen molar-refractivity contribution in [2.75, 3.05) is 0 Å². The van der Waals surface area contributed by atoms with E-state index >= 15 is 0 Å². The van der Waals surface area contributed by atoms with Crippen molar-refractivity contribution in [3.63, 3.8) is 0 Å². The van der Waals surface area contributed by atoms with Crippen LogP contribution >= 0.6 is 0 Å². The molecule has 0 N–H and O–H groups in total. The molecule has 7 heavy (non-hydrogen) atoms. The molecule has 0 heterocycles. The smallest absolute Gasteiger partial charge is 0.0921 e. The summed E-state index contributed by atoms with van der Waals surface area (Å²) in [6.07, 6.45) is 5.64. The first-order valence-corrected chi connectivity index (χ1v) is 2.88. The molecule has 0 aliphatic heterocycles. The van der Waals surface area contributed by atoms with Crippen LogP contribution in [0.15, 0.2) is 0 Å². The summed E-state index contributed by atoms with van der Waals surface area (Å²) in [5.74, 6) is 0.769. The van der Waals surface area contributed by atoms with Gasteiger partial charge < -0.3 is 12.8 Å². The van der Waals surface area contributed by atoms with Crippen molar-refractivity contribution in [3.05, 3.63) is 12.8 Å². The van der Waals surface area contributed by atoms with Crippen molar-refractivity contribution in [1.82, 2.24) is 0 Å². The van der Waals surface area contributed by atoms with E-state index in [2.05, 4.69) is 33.6 Å². The van der Waals surface area contributed by atoms with Gasteiger partial charge in [-0.1, -0.05) is 6.92 Å². The Morgan fingerprint density at radius 1 is 1.43 bits per heavy atom. The molecule has 44 valence electrons. The highest BCUT2D eigenvalue weighted by atomic mass is 14.0. The van der Waals surface area contributed by atoms with Crippen molar-refractivity contribution in [3.8, 4) is 0 Å². The first-order chi connectivity index (χ1) is 3.31. The molecule has 0 bridgehead atoms. The minimum Gasteiger partial charge on any atom is -0.334 e. The van der Waals surface area contributed by atoms with Crippen LogP contribution in [0, 0.1) is 18.8 Å². The van der Waals surface area contributed by atoms with E-state index in [1.807, 2.05) is 0 Å². The van der Waals surface area contributed by atoms with Crippen molar-refractivity contribution in [2.45, 2.75) is 27.2 Å². The van der Waals surface area contributed by atoms with Gasteiger partial charge in [-0.25, -0.2) is 6.42 Å². The monoisotopic (exact) mass is 98.1 g/mol. The van der Waals surface area contributed by atoms with Gasteiger partial charge in [0, 0.05) is 0 Å². The number of rotatable bonds is 3. The van der Waals surface area contributed by atoms with Gasteiger partial charge in [0.05, 0.1) is 0 Å². The maximum Gasteiger partial charge on any atom is -0.0921 e. The van der Waals surface area contributed by atoms with Crippen molar-refractivity contribution in [2.24, 2.45) is 5.92 Å². The van der Waals surface area contributed by atoms with Crippen LogP contribution in [0.25, 0.3) is 0 Å². The molecule has 0 saturated carbocycles. The highest BCUT2D eigenvalue weighted by molar-refractivity contribution is 4.71. The third-order valence-corrected chi connectivity index (χ3v) is 1.18. The maximum atomic E-state index is 2.22. The second-order valence-electron chi connectivity index (χ2n) is 1.95. The number of hydrogen-bond acceptors (Lipinski definition) is 0. The molecule has 1 atom stereocenters. The van der Waals surface area contributed by atoms with Gasteiger partial charge in [-0.2, -0.15) is 19.8 Å². The van der Waals surface area contributed by atoms with E-state index in [-0.39, 0.29) is 0 Å². The molecule has 0 fully saturated rings. The Hall–Kier alpha value is 0. The highest BCUT2D eigenvalue weighted by Gasteiger charge is 1.75. The van der Waals surface area contributed by atoms with Crippen LogP contribution in [0.1, 0.15) is 27.2 Å². The predicted octanol–water partition coefficient (Wildman–Crippen LogP) is 2.46. The van der Waals surface area contributed by atoms with Gasteiger partial charge in [-0.15, -0.1) is 0 Å². The first-order valence-electron chi connectivity index (χ1n) is 2.88. The molecule has 0 heteroatoms. The second kappa shape index (κ2) is 4.17. The van der Waals surface area contributed by atoms with Crippen molar-refractivity contribution in [1.29, 1.82) is 0 Å². The summed E-state index contributed by atoms with van der Waals surface area (Å²) < 4.78 is 0. The predicted molar refractivity (Wildman–Crippen MR) is 33.7 cm³/mol. The molecule has 0 amide bonds. The summed E-state index contributed by atoms with van der Waals surface area (Å²) in [5.41, 5.74) is 0. The summed E-state index contributed by atoms with van der Waals surface area (Å²) in [6.45, 7) is 6.42. The third-order valence-electron chi connectivity index (χ3n) is 1.18. The Balaban J connectivity index is 2.83.